The average Bonchev–Trinajstić information content (AvgIpc) is 3.38. The van der Waals surface area contributed by atoms with Crippen LogP contribution >= 0.6 is 11.8 Å². The summed E-state index contributed by atoms with van der Waals surface area (Å²) in [5.74, 6) is 1.00. The van der Waals surface area contributed by atoms with E-state index in [0.717, 1.165) is 29.7 Å². The van der Waals surface area contributed by atoms with Crippen LogP contribution in [-0.2, 0) is 14.3 Å². The number of aryl methyl sites for hydroxylation is 1. The number of thioether (sulfide) groups is 1. The largest absolute Gasteiger partial charge is 0.457 e. The molecule has 3 aromatic rings. The second-order valence-corrected chi connectivity index (χ2v) is 12.0. The van der Waals surface area contributed by atoms with Crippen LogP contribution in [-0.4, -0.2) is 71.9 Å². The van der Waals surface area contributed by atoms with E-state index in [4.69, 9.17) is 15.2 Å². The molecular formula is C31H34N6O5S. The van der Waals surface area contributed by atoms with E-state index < -0.39 is 17.3 Å². The van der Waals surface area contributed by atoms with Crippen molar-refractivity contribution in [2.45, 2.75) is 48.2 Å². The zero-order valence-electron chi connectivity index (χ0n) is 24.0. The third-order valence-electron chi connectivity index (χ3n) is 7.90. The fourth-order valence-electron chi connectivity index (χ4n) is 5.90. The van der Waals surface area contributed by atoms with Gasteiger partial charge in [0.25, 0.3) is 0 Å². The van der Waals surface area contributed by atoms with Gasteiger partial charge < -0.3 is 30.7 Å². The summed E-state index contributed by atoms with van der Waals surface area (Å²) in [6.07, 6.45) is 3.17. The topological polar surface area (TPSA) is 139 Å². The maximum absolute atomic E-state index is 13.6. The number of rotatable bonds is 8. The Morgan fingerprint density at radius 2 is 1.98 bits per heavy atom. The molecule has 1 saturated heterocycles. The number of nitrogens with zero attached hydrogens (tertiary/aromatic N) is 3. The van der Waals surface area contributed by atoms with Gasteiger partial charge in [-0.05, 0) is 61.7 Å². The molecule has 12 heteroatoms. The third kappa shape index (κ3) is 5.77. The molecule has 0 bridgehead atoms. The Labute approximate surface area is 254 Å². The molecule has 6 rings (SSSR count). The number of ether oxygens (including phenoxy) is 2. The zero-order chi connectivity index (χ0) is 30.1. The first-order valence-electron chi connectivity index (χ1n) is 14.3. The van der Waals surface area contributed by atoms with Crippen molar-refractivity contribution in [2.24, 2.45) is 5.73 Å². The first-order valence-corrected chi connectivity index (χ1v) is 15.2. The van der Waals surface area contributed by atoms with Gasteiger partial charge in [0, 0.05) is 38.0 Å². The van der Waals surface area contributed by atoms with Crippen LogP contribution in [0.25, 0.3) is 0 Å². The highest BCUT2D eigenvalue weighted by molar-refractivity contribution is 8.01. The number of carbonyl (C=O) groups excluding carboxylic acids is 3. The number of nitrogens with one attached hydrogen (secondary N) is 2. The zero-order valence-corrected chi connectivity index (χ0v) is 24.8. The van der Waals surface area contributed by atoms with Crippen molar-refractivity contribution in [3.05, 3.63) is 71.9 Å². The molecule has 0 radical (unpaired) electrons. The Balaban J connectivity index is 1.18. The van der Waals surface area contributed by atoms with E-state index in [2.05, 4.69) is 15.6 Å². The van der Waals surface area contributed by atoms with Crippen molar-refractivity contribution in [2.75, 3.05) is 31.7 Å². The van der Waals surface area contributed by atoms with Crippen LogP contribution in [0.15, 0.2) is 65.8 Å². The fraction of sp³-hybridized carbons (Fsp3) is 0.355. The van der Waals surface area contributed by atoms with Gasteiger partial charge in [-0.3, -0.25) is 14.5 Å². The Morgan fingerprint density at radius 3 is 2.74 bits per heavy atom. The molecular weight excluding hydrogens is 568 g/mol. The maximum atomic E-state index is 13.6. The van der Waals surface area contributed by atoms with Crippen LogP contribution in [0.5, 0.6) is 11.5 Å². The summed E-state index contributed by atoms with van der Waals surface area (Å²) in [5.41, 5.74) is 9.04. The highest BCUT2D eigenvalue weighted by atomic mass is 32.2. The summed E-state index contributed by atoms with van der Waals surface area (Å²) >= 11 is 1.34. The number of para-hydroxylation sites is 1. The van der Waals surface area contributed by atoms with Crippen molar-refractivity contribution in [3.8, 4) is 11.5 Å². The van der Waals surface area contributed by atoms with Crippen molar-refractivity contribution in [1.82, 2.24) is 20.5 Å². The predicted octanol–water partition coefficient (Wildman–Crippen LogP) is 3.64. The number of hydrogen-bond donors (Lipinski definition) is 3. The lowest BCUT2D eigenvalue weighted by atomic mass is 9.98. The number of hydrogen-bond acceptors (Lipinski definition) is 8. The normalized spacial score (nSPS) is 21.6. The molecule has 0 saturated carbocycles. The van der Waals surface area contributed by atoms with Gasteiger partial charge in [-0.1, -0.05) is 30.0 Å². The molecule has 4 heterocycles. The smallest absolute Gasteiger partial charge is 0.327 e. The molecule has 11 nitrogen and oxygen atoms in total. The van der Waals surface area contributed by atoms with Gasteiger partial charge in [-0.15, -0.1) is 0 Å². The van der Waals surface area contributed by atoms with Crippen molar-refractivity contribution in [1.29, 1.82) is 0 Å². The molecule has 4 atom stereocenters. The van der Waals surface area contributed by atoms with Crippen LogP contribution in [0.2, 0.25) is 0 Å². The fourth-order valence-corrected chi connectivity index (χ4v) is 7.13. The Bertz CT molecular complexity index is 1540. The van der Waals surface area contributed by atoms with Gasteiger partial charge in [0.15, 0.2) is 0 Å². The summed E-state index contributed by atoms with van der Waals surface area (Å²) in [4.78, 5) is 47.8. The molecule has 0 aliphatic carbocycles. The minimum absolute atomic E-state index is 0.141. The first kappa shape index (κ1) is 29.0. The number of carbonyl (C=O) groups is 3. The van der Waals surface area contributed by atoms with Gasteiger partial charge >= 0.3 is 6.03 Å². The standard InChI is InChI=1S/C31H34N6O5S/c1-18-15-21(42-20-8-4-3-5-9-20)10-11-23(18)37-24-12-13-33-29-25(24)26(35-31(37)40)27(43-29)28(38)34-19-7-6-14-36(16-19)30(39)22(32)17-41-2/h3-5,8-13,15,19,22,26-27H,6-7,14,16-17,32H2,1-2H3,(H,34,38)(H,35,40)/t19-,22-,26?,27?/m1/s1. The third-order valence-corrected chi connectivity index (χ3v) is 9.18. The Hall–Kier alpha value is -4.13. The molecule has 2 aromatic carbocycles. The van der Waals surface area contributed by atoms with E-state index in [1.165, 1.54) is 18.9 Å². The minimum atomic E-state index is -0.736. The van der Waals surface area contributed by atoms with Gasteiger partial charge in [-0.25, -0.2) is 9.78 Å². The molecule has 0 spiro atoms. The summed E-state index contributed by atoms with van der Waals surface area (Å²) < 4.78 is 11.0. The van der Waals surface area contributed by atoms with E-state index in [1.54, 1.807) is 16.0 Å². The SMILES string of the molecule is COC[C@@H](N)C(=O)N1CCC[C@@H](NC(=O)C2Sc3nccc4c3C2NC(=O)N4c2ccc(Oc3ccccc3)cc2C)C1. The van der Waals surface area contributed by atoms with Gasteiger partial charge in [0.1, 0.15) is 27.8 Å². The van der Waals surface area contributed by atoms with E-state index in [1.807, 2.05) is 61.5 Å². The molecule has 224 valence electrons. The van der Waals surface area contributed by atoms with E-state index in [9.17, 15) is 14.4 Å². The molecule has 4 N–H and O–H groups in total. The first-order chi connectivity index (χ1) is 20.8. The molecule has 2 unspecified atom stereocenters. The van der Waals surface area contributed by atoms with Gasteiger partial charge in [0.05, 0.1) is 24.0 Å². The van der Waals surface area contributed by atoms with Gasteiger partial charge in [-0.2, -0.15) is 0 Å². The molecule has 4 amide bonds. The van der Waals surface area contributed by atoms with E-state index in [-0.39, 0.29) is 30.5 Å². The highest BCUT2D eigenvalue weighted by Crippen LogP contribution is 2.51. The number of methoxy groups -OCH3 is 1. The molecule has 3 aliphatic rings. The second-order valence-electron chi connectivity index (χ2n) is 10.9. The van der Waals surface area contributed by atoms with Crippen LogP contribution in [0, 0.1) is 6.92 Å². The van der Waals surface area contributed by atoms with Crippen molar-refractivity contribution >= 4 is 41.0 Å². The van der Waals surface area contributed by atoms with Crippen LogP contribution < -0.4 is 26.0 Å². The maximum Gasteiger partial charge on any atom is 0.327 e. The Morgan fingerprint density at radius 1 is 1.16 bits per heavy atom. The van der Waals surface area contributed by atoms with Crippen LogP contribution in [0.1, 0.15) is 30.0 Å². The summed E-state index contributed by atoms with van der Waals surface area (Å²) in [7, 11) is 1.51. The minimum Gasteiger partial charge on any atom is -0.457 e. The van der Waals surface area contributed by atoms with Gasteiger partial charge in [0.2, 0.25) is 11.8 Å². The highest BCUT2D eigenvalue weighted by Gasteiger charge is 2.47. The number of amides is 4. The average molecular weight is 603 g/mol. The number of likely N-dealkylation sites (tertiary alicyclic amines) is 1. The van der Waals surface area contributed by atoms with Crippen LogP contribution in [0.3, 0.4) is 0 Å². The van der Waals surface area contributed by atoms with E-state index >= 15 is 0 Å². The molecule has 3 aliphatic heterocycles. The number of aromatic nitrogens is 1. The summed E-state index contributed by atoms with van der Waals surface area (Å²) in [6, 6.07) is 15.1. The number of nitrogens with two attached hydrogens (primary N) is 1. The number of pyridine rings is 1. The van der Waals surface area contributed by atoms with E-state index in [0.29, 0.717) is 35.2 Å². The predicted molar refractivity (Wildman–Crippen MR) is 163 cm³/mol. The molecule has 1 fully saturated rings. The lowest BCUT2D eigenvalue weighted by Gasteiger charge is -2.36. The number of benzene rings is 2. The number of anilines is 2. The quantitative estimate of drug-likeness (QED) is 0.355. The number of piperidine rings is 1. The summed E-state index contributed by atoms with van der Waals surface area (Å²) in [5, 5.41) is 6.30. The molecule has 43 heavy (non-hydrogen) atoms. The second kappa shape index (κ2) is 12.2. The lowest BCUT2D eigenvalue weighted by Crippen LogP contribution is -2.56. The Kier molecular flexibility index (Phi) is 8.24. The van der Waals surface area contributed by atoms with Crippen molar-refractivity contribution in [3.63, 3.8) is 0 Å². The summed E-state index contributed by atoms with van der Waals surface area (Å²) in [6.45, 7) is 3.04. The molecule has 1 aromatic heterocycles. The monoisotopic (exact) mass is 602 g/mol. The number of urea groups is 1. The van der Waals surface area contributed by atoms with Crippen LogP contribution in [0.4, 0.5) is 16.2 Å². The van der Waals surface area contributed by atoms with Crippen molar-refractivity contribution < 1.29 is 23.9 Å². The lowest BCUT2D eigenvalue weighted by molar-refractivity contribution is -0.136.